The number of rotatable bonds is 6. The van der Waals surface area contributed by atoms with E-state index in [-0.39, 0.29) is 11.9 Å². The molecule has 0 aliphatic carbocycles. The summed E-state index contributed by atoms with van der Waals surface area (Å²) in [4.78, 5) is 16.7. The first kappa shape index (κ1) is 16.7. The van der Waals surface area contributed by atoms with E-state index in [1.807, 2.05) is 32.0 Å². The van der Waals surface area contributed by atoms with Gasteiger partial charge in [-0.25, -0.2) is 0 Å². The third-order valence-corrected chi connectivity index (χ3v) is 4.24. The van der Waals surface area contributed by atoms with Gasteiger partial charge < -0.3 is 14.3 Å². The largest absolute Gasteiger partial charge is 0.467 e. The predicted octanol–water partition coefficient (Wildman–Crippen LogP) is 1.57. The molecule has 7 heteroatoms. The Kier molecular flexibility index (Phi) is 5.32. The summed E-state index contributed by atoms with van der Waals surface area (Å²) >= 11 is 0. The van der Waals surface area contributed by atoms with Crippen molar-refractivity contribution in [3.63, 3.8) is 0 Å². The number of hydrogen-bond acceptors (Lipinski definition) is 6. The Balaban J connectivity index is 1.39. The van der Waals surface area contributed by atoms with E-state index in [4.69, 9.17) is 8.94 Å². The molecule has 1 N–H and O–H groups in total. The Hall–Kier alpha value is -2.12. The minimum atomic E-state index is -0.108. The fourth-order valence-corrected chi connectivity index (χ4v) is 2.92. The van der Waals surface area contributed by atoms with Crippen LogP contribution in [0.25, 0.3) is 0 Å². The van der Waals surface area contributed by atoms with E-state index >= 15 is 0 Å². The highest BCUT2D eigenvalue weighted by Gasteiger charge is 2.21. The first-order valence-electron chi connectivity index (χ1n) is 8.30. The summed E-state index contributed by atoms with van der Waals surface area (Å²) in [6, 6.07) is 5.56. The Labute approximate surface area is 141 Å². The second-order valence-corrected chi connectivity index (χ2v) is 6.29. The Morgan fingerprint density at radius 1 is 1.33 bits per heavy atom. The highest BCUT2D eigenvalue weighted by Crippen LogP contribution is 2.13. The normalized spacial score (nSPS) is 17.8. The van der Waals surface area contributed by atoms with E-state index < -0.39 is 0 Å². The molecule has 3 rings (SSSR count). The maximum Gasteiger partial charge on any atom is 0.234 e. The molecule has 1 fully saturated rings. The number of piperazine rings is 1. The minimum Gasteiger partial charge on any atom is -0.467 e. The summed E-state index contributed by atoms with van der Waals surface area (Å²) in [5, 5.41) is 6.88. The molecule has 130 valence electrons. The van der Waals surface area contributed by atoms with Crippen molar-refractivity contribution in [2.24, 2.45) is 0 Å². The number of hydrogen-bond donors (Lipinski definition) is 1. The SMILES string of the molecule is Cc1cc(CN2CCN(CC(=O)N[C@@H](C)c3ccco3)CC2)on1. The molecule has 1 amide bonds. The lowest BCUT2D eigenvalue weighted by atomic mass is 10.2. The molecule has 2 aromatic rings. The molecular weight excluding hydrogens is 308 g/mol. The van der Waals surface area contributed by atoms with Crippen LogP contribution in [-0.4, -0.2) is 53.6 Å². The molecule has 0 spiro atoms. The third-order valence-electron chi connectivity index (χ3n) is 4.24. The van der Waals surface area contributed by atoms with Gasteiger partial charge in [-0.2, -0.15) is 0 Å². The van der Waals surface area contributed by atoms with Crippen molar-refractivity contribution in [3.8, 4) is 0 Å². The molecule has 0 unspecified atom stereocenters. The van der Waals surface area contributed by atoms with Gasteiger partial charge in [-0.15, -0.1) is 0 Å². The van der Waals surface area contributed by atoms with Crippen molar-refractivity contribution in [2.75, 3.05) is 32.7 Å². The molecule has 0 aromatic carbocycles. The molecule has 1 aliphatic heterocycles. The van der Waals surface area contributed by atoms with Gasteiger partial charge in [0.25, 0.3) is 0 Å². The van der Waals surface area contributed by atoms with E-state index in [1.165, 1.54) is 0 Å². The summed E-state index contributed by atoms with van der Waals surface area (Å²) in [5.41, 5.74) is 0.908. The summed E-state index contributed by atoms with van der Waals surface area (Å²) in [6.07, 6.45) is 1.62. The van der Waals surface area contributed by atoms with Crippen LogP contribution in [-0.2, 0) is 11.3 Å². The third kappa shape index (κ3) is 4.46. The smallest absolute Gasteiger partial charge is 0.234 e. The van der Waals surface area contributed by atoms with Gasteiger partial charge >= 0.3 is 0 Å². The van der Waals surface area contributed by atoms with Gasteiger partial charge in [-0.05, 0) is 26.0 Å². The van der Waals surface area contributed by atoms with Crippen LogP contribution in [0.2, 0.25) is 0 Å². The standard InChI is InChI=1S/C17H24N4O3/c1-13-10-15(24-19-13)11-20-5-7-21(8-6-20)12-17(22)18-14(2)16-4-3-9-23-16/h3-4,9-10,14H,5-8,11-12H2,1-2H3,(H,18,22)/t14-/m0/s1. The van der Waals surface area contributed by atoms with E-state index in [9.17, 15) is 4.79 Å². The molecule has 0 radical (unpaired) electrons. The van der Waals surface area contributed by atoms with Crippen LogP contribution < -0.4 is 5.32 Å². The molecule has 7 nitrogen and oxygen atoms in total. The highest BCUT2D eigenvalue weighted by molar-refractivity contribution is 5.78. The number of carbonyl (C=O) groups excluding carboxylic acids is 1. The van der Waals surface area contributed by atoms with Gasteiger partial charge in [0.2, 0.25) is 5.91 Å². The Morgan fingerprint density at radius 2 is 2.08 bits per heavy atom. The van der Waals surface area contributed by atoms with E-state index in [0.717, 1.165) is 49.9 Å². The number of furan rings is 1. The van der Waals surface area contributed by atoms with E-state index in [2.05, 4.69) is 20.3 Å². The van der Waals surface area contributed by atoms with Crippen molar-refractivity contribution in [2.45, 2.75) is 26.4 Å². The maximum absolute atomic E-state index is 12.2. The first-order valence-corrected chi connectivity index (χ1v) is 8.30. The van der Waals surface area contributed by atoms with Crippen LogP contribution in [0.4, 0.5) is 0 Å². The summed E-state index contributed by atoms with van der Waals surface area (Å²) in [7, 11) is 0. The van der Waals surface area contributed by atoms with Gasteiger partial charge in [0.1, 0.15) is 5.76 Å². The average molecular weight is 332 g/mol. The Morgan fingerprint density at radius 3 is 2.71 bits per heavy atom. The van der Waals surface area contributed by atoms with Crippen LogP contribution in [0.15, 0.2) is 33.4 Å². The van der Waals surface area contributed by atoms with Gasteiger partial charge in [0.05, 0.1) is 31.1 Å². The first-order chi connectivity index (χ1) is 11.6. The van der Waals surface area contributed by atoms with Crippen LogP contribution >= 0.6 is 0 Å². The number of amides is 1. The molecule has 0 saturated carbocycles. The van der Waals surface area contributed by atoms with Gasteiger partial charge in [0.15, 0.2) is 5.76 Å². The topological polar surface area (TPSA) is 74.8 Å². The highest BCUT2D eigenvalue weighted by atomic mass is 16.5. The molecule has 1 aliphatic rings. The summed E-state index contributed by atoms with van der Waals surface area (Å²) in [5.74, 6) is 1.69. The number of carbonyl (C=O) groups is 1. The second-order valence-electron chi connectivity index (χ2n) is 6.29. The number of nitrogens with one attached hydrogen (secondary N) is 1. The zero-order chi connectivity index (χ0) is 16.9. The fraction of sp³-hybridized carbons (Fsp3) is 0.529. The van der Waals surface area contributed by atoms with Crippen molar-refractivity contribution < 1.29 is 13.7 Å². The summed E-state index contributed by atoms with van der Waals surface area (Å²) < 4.78 is 10.6. The van der Waals surface area contributed by atoms with Crippen molar-refractivity contribution in [3.05, 3.63) is 41.7 Å². The van der Waals surface area contributed by atoms with Gasteiger partial charge in [0, 0.05) is 32.2 Å². The molecule has 24 heavy (non-hydrogen) atoms. The lowest BCUT2D eigenvalue weighted by Gasteiger charge is -2.33. The zero-order valence-corrected chi connectivity index (χ0v) is 14.2. The van der Waals surface area contributed by atoms with E-state index in [0.29, 0.717) is 6.54 Å². The van der Waals surface area contributed by atoms with E-state index in [1.54, 1.807) is 6.26 Å². The van der Waals surface area contributed by atoms with Gasteiger partial charge in [-0.3, -0.25) is 14.6 Å². The molecule has 1 atom stereocenters. The van der Waals surface area contributed by atoms with Crippen molar-refractivity contribution in [1.82, 2.24) is 20.3 Å². The minimum absolute atomic E-state index is 0.0261. The zero-order valence-electron chi connectivity index (χ0n) is 14.2. The lowest BCUT2D eigenvalue weighted by Crippen LogP contribution is -2.49. The van der Waals surface area contributed by atoms with Crippen LogP contribution in [0, 0.1) is 6.92 Å². The quantitative estimate of drug-likeness (QED) is 0.865. The van der Waals surface area contributed by atoms with Crippen molar-refractivity contribution >= 4 is 5.91 Å². The maximum atomic E-state index is 12.2. The number of aryl methyl sites for hydroxylation is 1. The molecule has 0 bridgehead atoms. The summed E-state index contributed by atoms with van der Waals surface area (Å²) in [6.45, 7) is 8.62. The Bertz CT molecular complexity index is 645. The van der Waals surface area contributed by atoms with Crippen LogP contribution in [0.5, 0.6) is 0 Å². The van der Waals surface area contributed by atoms with Crippen LogP contribution in [0.3, 0.4) is 0 Å². The average Bonchev–Trinajstić information content (AvgIpc) is 3.21. The fourth-order valence-electron chi connectivity index (χ4n) is 2.92. The van der Waals surface area contributed by atoms with Crippen molar-refractivity contribution in [1.29, 1.82) is 0 Å². The second kappa shape index (κ2) is 7.63. The van der Waals surface area contributed by atoms with Gasteiger partial charge in [-0.1, -0.05) is 5.16 Å². The molecule has 1 saturated heterocycles. The molecular formula is C17H24N4O3. The number of aromatic nitrogens is 1. The monoisotopic (exact) mass is 332 g/mol. The van der Waals surface area contributed by atoms with Crippen LogP contribution in [0.1, 0.15) is 30.2 Å². The molecule has 3 heterocycles. The number of nitrogens with zero attached hydrogens (tertiary/aromatic N) is 3. The molecule has 2 aromatic heterocycles. The predicted molar refractivity (Wildman–Crippen MR) is 88.2 cm³/mol. The lowest BCUT2D eigenvalue weighted by molar-refractivity contribution is -0.123.